The number of esters is 1. The first kappa shape index (κ1) is 17.6. The lowest BCUT2D eigenvalue weighted by molar-refractivity contribution is -0.150. The predicted octanol–water partition coefficient (Wildman–Crippen LogP) is 2.66. The molecule has 1 heterocycles. The summed E-state index contributed by atoms with van der Waals surface area (Å²) < 4.78 is 16.0. The van der Waals surface area contributed by atoms with E-state index in [9.17, 15) is 4.79 Å². The molecule has 0 bridgehead atoms. The Kier molecular flexibility index (Phi) is 6.71. The van der Waals surface area contributed by atoms with Crippen LogP contribution in [0.15, 0.2) is 18.2 Å². The fourth-order valence-electron chi connectivity index (χ4n) is 2.84. The van der Waals surface area contributed by atoms with Crippen LogP contribution in [-0.4, -0.2) is 50.8 Å². The number of methoxy groups -OCH3 is 2. The maximum atomic E-state index is 11.3. The van der Waals surface area contributed by atoms with E-state index in [0.29, 0.717) is 6.42 Å². The molecule has 1 aromatic rings. The Bertz CT molecular complexity index is 510. The lowest BCUT2D eigenvalue weighted by Crippen LogP contribution is -2.38. The quantitative estimate of drug-likeness (QED) is 0.723. The van der Waals surface area contributed by atoms with E-state index in [1.807, 2.05) is 19.1 Å². The SMILES string of the molecule is CCC(=O)OC1CCN(CCc2ccc(OC)c(OC)c2)CC1. The van der Waals surface area contributed by atoms with Crippen molar-refractivity contribution in [3.05, 3.63) is 23.8 Å². The molecule has 2 rings (SSSR count). The van der Waals surface area contributed by atoms with Gasteiger partial charge in [-0.05, 0) is 37.0 Å². The van der Waals surface area contributed by atoms with E-state index in [1.165, 1.54) is 5.56 Å². The second kappa shape index (κ2) is 8.77. The molecule has 128 valence electrons. The molecule has 1 aliphatic rings. The van der Waals surface area contributed by atoms with Crippen LogP contribution in [0.2, 0.25) is 0 Å². The first-order valence-corrected chi connectivity index (χ1v) is 8.29. The molecule has 23 heavy (non-hydrogen) atoms. The van der Waals surface area contributed by atoms with Gasteiger partial charge < -0.3 is 19.1 Å². The minimum atomic E-state index is -0.0891. The van der Waals surface area contributed by atoms with Crippen LogP contribution in [0, 0.1) is 0 Å². The molecule has 0 radical (unpaired) electrons. The number of hydrogen-bond donors (Lipinski definition) is 0. The molecule has 0 unspecified atom stereocenters. The van der Waals surface area contributed by atoms with Gasteiger partial charge in [0.05, 0.1) is 14.2 Å². The van der Waals surface area contributed by atoms with Crippen LogP contribution in [-0.2, 0) is 16.0 Å². The van der Waals surface area contributed by atoms with E-state index in [4.69, 9.17) is 14.2 Å². The summed E-state index contributed by atoms with van der Waals surface area (Å²) in [6.45, 7) is 4.80. The Morgan fingerprint density at radius 2 is 1.87 bits per heavy atom. The second-order valence-corrected chi connectivity index (χ2v) is 5.82. The van der Waals surface area contributed by atoms with Gasteiger partial charge in [0.2, 0.25) is 0 Å². The standard InChI is InChI=1S/C18H27NO4/c1-4-18(20)23-15-8-11-19(12-9-15)10-7-14-5-6-16(21-2)17(13-14)22-3/h5-6,13,15H,4,7-12H2,1-3H3. The largest absolute Gasteiger partial charge is 0.493 e. The van der Waals surface area contributed by atoms with E-state index >= 15 is 0 Å². The number of carbonyl (C=O) groups is 1. The first-order chi connectivity index (χ1) is 11.2. The summed E-state index contributed by atoms with van der Waals surface area (Å²) in [5.74, 6) is 1.44. The van der Waals surface area contributed by atoms with Gasteiger partial charge in [0, 0.05) is 26.1 Å². The van der Waals surface area contributed by atoms with Crippen LogP contribution in [0.5, 0.6) is 11.5 Å². The van der Waals surface area contributed by atoms with Crippen molar-refractivity contribution in [3.8, 4) is 11.5 Å². The van der Waals surface area contributed by atoms with E-state index in [0.717, 1.165) is 50.4 Å². The Labute approximate surface area is 138 Å². The van der Waals surface area contributed by atoms with Crippen LogP contribution in [0.25, 0.3) is 0 Å². The van der Waals surface area contributed by atoms with Gasteiger partial charge in [-0.3, -0.25) is 4.79 Å². The number of nitrogens with zero attached hydrogens (tertiary/aromatic N) is 1. The maximum absolute atomic E-state index is 11.3. The zero-order valence-corrected chi connectivity index (χ0v) is 14.3. The summed E-state index contributed by atoms with van der Waals surface area (Å²) in [4.78, 5) is 13.8. The Morgan fingerprint density at radius 3 is 2.48 bits per heavy atom. The molecule has 5 heteroatoms. The third kappa shape index (κ3) is 5.13. The summed E-state index contributed by atoms with van der Waals surface area (Å²) in [5.41, 5.74) is 1.24. The highest BCUT2D eigenvalue weighted by Gasteiger charge is 2.21. The molecule has 1 aromatic carbocycles. The van der Waals surface area contributed by atoms with E-state index in [1.54, 1.807) is 14.2 Å². The Balaban J connectivity index is 1.78. The number of carbonyl (C=O) groups excluding carboxylic acids is 1. The molecular weight excluding hydrogens is 294 g/mol. The van der Waals surface area contributed by atoms with E-state index in [2.05, 4.69) is 11.0 Å². The fourth-order valence-corrected chi connectivity index (χ4v) is 2.84. The van der Waals surface area contributed by atoms with Gasteiger partial charge in [0.1, 0.15) is 6.10 Å². The molecule has 0 atom stereocenters. The second-order valence-electron chi connectivity index (χ2n) is 5.82. The van der Waals surface area contributed by atoms with Crippen LogP contribution in [0.4, 0.5) is 0 Å². The summed E-state index contributed by atoms with van der Waals surface area (Å²) in [6, 6.07) is 6.07. The van der Waals surface area contributed by atoms with Crippen molar-refractivity contribution >= 4 is 5.97 Å². The summed E-state index contributed by atoms with van der Waals surface area (Å²) >= 11 is 0. The fraction of sp³-hybridized carbons (Fsp3) is 0.611. The molecule has 0 N–H and O–H groups in total. The minimum Gasteiger partial charge on any atom is -0.493 e. The normalized spacial score (nSPS) is 16.1. The predicted molar refractivity (Wildman–Crippen MR) is 89.1 cm³/mol. The molecule has 0 aromatic heterocycles. The first-order valence-electron chi connectivity index (χ1n) is 8.29. The van der Waals surface area contributed by atoms with Crippen LogP contribution in [0.3, 0.4) is 0 Å². The van der Waals surface area contributed by atoms with Crippen molar-refractivity contribution < 1.29 is 19.0 Å². The number of rotatable bonds is 7. The van der Waals surface area contributed by atoms with Crippen molar-refractivity contribution in [1.82, 2.24) is 4.90 Å². The summed E-state index contributed by atoms with van der Waals surface area (Å²) in [5, 5.41) is 0. The lowest BCUT2D eigenvalue weighted by Gasteiger charge is -2.31. The van der Waals surface area contributed by atoms with Gasteiger partial charge in [-0.1, -0.05) is 13.0 Å². The Hall–Kier alpha value is -1.75. The molecule has 5 nitrogen and oxygen atoms in total. The average molecular weight is 321 g/mol. The average Bonchev–Trinajstić information content (AvgIpc) is 2.60. The van der Waals surface area contributed by atoms with Crippen LogP contribution < -0.4 is 9.47 Å². The topological polar surface area (TPSA) is 48.0 Å². The van der Waals surface area contributed by atoms with Crippen molar-refractivity contribution in [3.63, 3.8) is 0 Å². The molecular formula is C18H27NO4. The van der Waals surface area contributed by atoms with Gasteiger partial charge in [-0.15, -0.1) is 0 Å². The molecule has 1 saturated heterocycles. The lowest BCUT2D eigenvalue weighted by atomic mass is 10.1. The third-order valence-electron chi connectivity index (χ3n) is 4.29. The number of piperidine rings is 1. The highest BCUT2D eigenvalue weighted by molar-refractivity contribution is 5.69. The zero-order chi connectivity index (χ0) is 16.7. The highest BCUT2D eigenvalue weighted by atomic mass is 16.5. The van der Waals surface area contributed by atoms with Gasteiger partial charge in [0.25, 0.3) is 0 Å². The van der Waals surface area contributed by atoms with Crippen molar-refractivity contribution in [1.29, 1.82) is 0 Å². The number of ether oxygens (including phenoxy) is 3. The van der Waals surface area contributed by atoms with Crippen molar-refractivity contribution in [2.75, 3.05) is 33.9 Å². The molecule has 0 saturated carbocycles. The zero-order valence-electron chi connectivity index (χ0n) is 14.3. The minimum absolute atomic E-state index is 0.0891. The highest BCUT2D eigenvalue weighted by Crippen LogP contribution is 2.27. The smallest absolute Gasteiger partial charge is 0.305 e. The van der Waals surface area contributed by atoms with Crippen molar-refractivity contribution in [2.24, 2.45) is 0 Å². The van der Waals surface area contributed by atoms with Gasteiger partial charge >= 0.3 is 5.97 Å². The molecule has 0 aliphatic carbocycles. The van der Waals surface area contributed by atoms with E-state index in [-0.39, 0.29) is 12.1 Å². The summed E-state index contributed by atoms with van der Waals surface area (Å²) in [7, 11) is 3.30. The third-order valence-corrected chi connectivity index (χ3v) is 4.29. The van der Waals surface area contributed by atoms with Crippen LogP contribution >= 0.6 is 0 Å². The number of likely N-dealkylation sites (tertiary alicyclic amines) is 1. The Morgan fingerprint density at radius 1 is 1.17 bits per heavy atom. The number of benzene rings is 1. The van der Waals surface area contributed by atoms with E-state index < -0.39 is 0 Å². The van der Waals surface area contributed by atoms with Gasteiger partial charge in [0.15, 0.2) is 11.5 Å². The molecule has 0 amide bonds. The monoisotopic (exact) mass is 321 g/mol. The van der Waals surface area contributed by atoms with Crippen LogP contribution in [0.1, 0.15) is 31.7 Å². The van der Waals surface area contributed by atoms with Gasteiger partial charge in [-0.2, -0.15) is 0 Å². The maximum Gasteiger partial charge on any atom is 0.305 e. The molecule has 1 fully saturated rings. The summed E-state index contributed by atoms with van der Waals surface area (Å²) in [6.07, 6.45) is 3.38. The van der Waals surface area contributed by atoms with Crippen molar-refractivity contribution in [2.45, 2.75) is 38.7 Å². The van der Waals surface area contributed by atoms with Gasteiger partial charge in [-0.25, -0.2) is 0 Å². The molecule has 0 spiro atoms. The molecule has 1 aliphatic heterocycles. The number of hydrogen-bond acceptors (Lipinski definition) is 5.